The molecule has 0 radical (unpaired) electrons. The number of aryl methyl sites for hydroxylation is 2. The molecular formula is C26H38N2O. The van der Waals surface area contributed by atoms with E-state index in [4.69, 9.17) is 5.10 Å². The molecule has 1 fully saturated rings. The summed E-state index contributed by atoms with van der Waals surface area (Å²) in [6.07, 6.45) is 17.4. The van der Waals surface area contributed by atoms with E-state index in [1.807, 2.05) is 0 Å². The molecule has 1 unspecified atom stereocenters. The van der Waals surface area contributed by atoms with Crippen molar-refractivity contribution >= 4 is 11.6 Å². The molecule has 1 aromatic carbocycles. The van der Waals surface area contributed by atoms with E-state index in [2.05, 4.69) is 25.1 Å². The van der Waals surface area contributed by atoms with Gasteiger partial charge in [0.15, 0.2) is 0 Å². The lowest BCUT2D eigenvalue weighted by atomic mass is 9.78. The van der Waals surface area contributed by atoms with Crippen molar-refractivity contribution in [3.8, 4) is 0 Å². The highest BCUT2D eigenvalue weighted by molar-refractivity contribution is 6.04. The zero-order chi connectivity index (χ0) is 20.1. The lowest BCUT2D eigenvalue weighted by Crippen LogP contribution is -2.32. The van der Waals surface area contributed by atoms with Gasteiger partial charge in [-0.05, 0) is 66.7 Å². The third kappa shape index (κ3) is 5.29. The highest BCUT2D eigenvalue weighted by Gasteiger charge is 2.23. The van der Waals surface area contributed by atoms with Crippen molar-refractivity contribution in [3.63, 3.8) is 0 Å². The molecule has 0 aromatic heterocycles. The lowest BCUT2D eigenvalue weighted by Gasteiger charge is -2.28. The van der Waals surface area contributed by atoms with Crippen LogP contribution in [0.2, 0.25) is 0 Å². The van der Waals surface area contributed by atoms with Gasteiger partial charge in [0.25, 0.3) is 0 Å². The minimum atomic E-state index is 0.183. The summed E-state index contributed by atoms with van der Waals surface area (Å²) in [5, 5.41) is 6.46. The summed E-state index contributed by atoms with van der Waals surface area (Å²) in [5.41, 5.74) is 5.42. The predicted molar refractivity (Wildman–Crippen MR) is 120 cm³/mol. The molecule has 4 rings (SSSR count). The van der Waals surface area contributed by atoms with Gasteiger partial charge in [0, 0.05) is 19.4 Å². The SMILES string of the molecule is CCCCN1N=C(c2ccc3c(c2)CCC(CCC2CCC2)CCC3)CCC1=O. The van der Waals surface area contributed by atoms with Crippen molar-refractivity contribution in [1.29, 1.82) is 0 Å². The number of carbonyl (C=O) groups excluding carboxylic acids is 1. The standard InChI is InChI=1S/C26H38N2O/c1-2-3-18-28-26(29)17-16-25(27-28)24-15-14-22-9-5-8-21(12-13-23(22)19-24)11-10-20-6-4-7-20/h14-15,19-21H,2-13,16-18H2,1H3. The monoisotopic (exact) mass is 394 g/mol. The molecule has 0 N–H and O–H groups in total. The van der Waals surface area contributed by atoms with Gasteiger partial charge in [-0.25, -0.2) is 5.01 Å². The largest absolute Gasteiger partial charge is 0.273 e. The molecule has 2 aliphatic carbocycles. The number of carbonyl (C=O) groups is 1. The van der Waals surface area contributed by atoms with Crippen LogP contribution < -0.4 is 0 Å². The Kier molecular flexibility index (Phi) is 7.05. The Hall–Kier alpha value is -1.64. The van der Waals surface area contributed by atoms with Crippen LogP contribution in [0.25, 0.3) is 0 Å². The van der Waals surface area contributed by atoms with E-state index >= 15 is 0 Å². The van der Waals surface area contributed by atoms with E-state index in [1.54, 1.807) is 10.6 Å². The zero-order valence-electron chi connectivity index (χ0n) is 18.3. The van der Waals surface area contributed by atoms with Crippen LogP contribution in [0.15, 0.2) is 23.3 Å². The highest BCUT2D eigenvalue weighted by atomic mass is 16.2. The second-order valence-electron chi connectivity index (χ2n) is 9.57. The summed E-state index contributed by atoms with van der Waals surface area (Å²) in [4.78, 5) is 12.2. The van der Waals surface area contributed by atoms with Crippen LogP contribution >= 0.6 is 0 Å². The van der Waals surface area contributed by atoms with Crippen molar-refractivity contribution in [2.24, 2.45) is 16.9 Å². The van der Waals surface area contributed by atoms with E-state index in [-0.39, 0.29) is 5.91 Å². The zero-order valence-corrected chi connectivity index (χ0v) is 18.3. The number of amides is 1. The number of rotatable bonds is 7. The van der Waals surface area contributed by atoms with E-state index < -0.39 is 0 Å². The average molecular weight is 395 g/mol. The van der Waals surface area contributed by atoms with Crippen LogP contribution in [-0.2, 0) is 17.6 Å². The third-order valence-corrected chi connectivity index (χ3v) is 7.46. The predicted octanol–water partition coefficient (Wildman–Crippen LogP) is 6.28. The van der Waals surface area contributed by atoms with Crippen LogP contribution in [0.3, 0.4) is 0 Å². The molecule has 3 heteroatoms. The van der Waals surface area contributed by atoms with Crippen LogP contribution in [0.4, 0.5) is 0 Å². The molecule has 3 nitrogen and oxygen atoms in total. The van der Waals surface area contributed by atoms with Gasteiger partial charge in [0.1, 0.15) is 0 Å². The molecule has 0 bridgehead atoms. The first kappa shape index (κ1) is 20.6. The Morgan fingerprint density at radius 3 is 2.48 bits per heavy atom. The lowest BCUT2D eigenvalue weighted by molar-refractivity contribution is -0.131. The number of hydrogen-bond donors (Lipinski definition) is 0. The quantitative estimate of drug-likeness (QED) is 0.536. The van der Waals surface area contributed by atoms with Gasteiger partial charge in [0.2, 0.25) is 5.91 Å². The Morgan fingerprint density at radius 2 is 1.72 bits per heavy atom. The molecule has 1 amide bonds. The summed E-state index contributed by atoms with van der Waals surface area (Å²) in [7, 11) is 0. The Bertz CT molecular complexity index is 734. The molecule has 0 saturated heterocycles. The number of fused-ring (bicyclic) bond motifs is 1. The molecule has 1 atom stereocenters. The maximum absolute atomic E-state index is 12.2. The van der Waals surface area contributed by atoms with Crippen LogP contribution in [0, 0.1) is 11.8 Å². The molecule has 1 aromatic rings. The topological polar surface area (TPSA) is 32.7 Å². The van der Waals surface area contributed by atoms with Gasteiger partial charge in [-0.2, -0.15) is 5.10 Å². The van der Waals surface area contributed by atoms with E-state index in [1.165, 1.54) is 75.3 Å². The van der Waals surface area contributed by atoms with Gasteiger partial charge in [-0.1, -0.05) is 64.0 Å². The molecule has 29 heavy (non-hydrogen) atoms. The Morgan fingerprint density at radius 1 is 0.931 bits per heavy atom. The van der Waals surface area contributed by atoms with Crippen molar-refractivity contribution in [3.05, 3.63) is 34.9 Å². The van der Waals surface area contributed by atoms with Crippen LogP contribution in [0.5, 0.6) is 0 Å². The highest BCUT2D eigenvalue weighted by Crippen LogP contribution is 2.34. The molecule has 158 valence electrons. The van der Waals surface area contributed by atoms with E-state index in [0.717, 1.165) is 43.4 Å². The molecule has 1 saturated carbocycles. The molecule has 0 spiro atoms. The first-order valence-corrected chi connectivity index (χ1v) is 12.2. The molecule has 1 heterocycles. The van der Waals surface area contributed by atoms with Crippen molar-refractivity contribution in [2.45, 2.75) is 96.8 Å². The van der Waals surface area contributed by atoms with Gasteiger partial charge in [0.05, 0.1) is 5.71 Å². The van der Waals surface area contributed by atoms with Gasteiger partial charge in [-0.15, -0.1) is 0 Å². The van der Waals surface area contributed by atoms with Gasteiger partial charge >= 0.3 is 0 Å². The average Bonchev–Trinajstić information content (AvgIpc) is 2.68. The number of nitrogens with zero attached hydrogens (tertiary/aromatic N) is 2. The minimum absolute atomic E-state index is 0.183. The second kappa shape index (κ2) is 9.91. The number of benzene rings is 1. The first-order chi connectivity index (χ1) is 14.2. The summed E-state index contributed by atoms with van der Waals surface area (Å²) < 4.78 is 0. The Balaban J connectivity index is 1.43. The second-order valence-corrected chi connectivity index (χ2v) is 9.57. The maximum Gasteiger partial charge on any atom is 0.243 e. The van der Waals surface area contributed by atoms with Gasteiger partial charge in [-0.3, -0.25) is 4.79 Å². The maximum atomic E-state index is 12.2. The summed E-state index contributed by atoms with van der Waals surface area (Å²) in [6.45, 7) is 2.92. The minimum Gasteiger partial charge on any atom is -0.273 e. The third-order valence-electron chi connectivity index (χ3n) is 7.46. The Labute approximate surface area is 176 Å². The summed E-state index contributed by atoms with van der Waals surface area (Å²) >= 11 is 0. The fourth-order valence-corrected chi connectivity index (χ4v) is 5.20. The normalized spacial score (nSPS) is 23.1. The van der Waals surface area contributed by atoms with Crippen molar-refractivity contribution in [2.75, 3.05) is 6.54 Å². The van der Waals surface area contributed by atoms with E-state index in [9.17, 15) is 4.79 Å². The molecule has 3 aliphatic rings. The number of hydrazone groups is 1. The summed E-state index contributed by atoms with van der Waals surface area (Å²) in [6, 6.07) is 6.99. The first-order valence-electron chi connectivity index (χ1n) is 12.2. The fourth-order valence-electron chi connectivity index (χ4n) is 5.20. The number of unbranched alkanes of at least 4 members (excludes halogenated alkanes) is 1. The van der Waals surface area contributed by atoms with Crippen molar-refractivity contribution < 1.29 is 4.79 Å². The van der Waals surface area contributed by atoms with Crippen LogP contribution in [-0.4, -0.2) is 23.2 Å². The smallest absolute Gasteiger partial charge is 0.243 e. The van der Waals surface area contributed by atoms with Gasteiger partial charge < -0.3 is 0 Å². The number of hydrogen-bond acceptors (Lipinski definition) is 2. The summed E-state index contributed by atoms with van der Waals surface area (Å²) in [5.74, 6) is 2.14. The van der Waals surface area contributed by atoms with Crippen molar-refractivity contribution in [1.82, 2.24) is 5.01 Å². The van der Waals surface area contributed by atoms with E-state index in [0.29, 0.717) is 6.42 Å². The fraction of sp³-hybridized carbons (Fsp3) is 0.692. The molecule has 1 aliphatic heterocycles. The van der Waals surface area contributed by atoms with Crippen LogP contribution in [0.1, 0.15) is 101 Å². The molecular weight excluding hydrogens is 356 g/mol.